The van der Waals surface area contributed by atoms with Gasteiger partial charge < -0.3 is 19.9 Å². The van der Waals surface area contributed by atoms with E-state index >= 15 is 0 Å². The molecule has 106 valence electrons. The smallest absolute Gasteiger partial charge is 0.341 e. The van der Waals surface area contributed by atoms with Crippen LogP contribution < -0.4 is 5.43 Å². The molecule has 0 radical (unpaired) electrons. The van der Waals surface area contributed by atoms with Gasteiger partial charge in [0.25, 0.3) is 0 Å². The molecule has 0 saturated heterocycles. The Kier molecular flexibility index (Phi) is 3.17. The predicted octanol–water partition coefficient (Wildman–Crippen LogP) is 1.75. The van der Waals surface area contributed by atoms with Crippen molar-refractivity contribution in [1.82, 2.24) is 4.57 Å². The van der Waals surface area contributed by atoms with E-state index in [9.17, 15) is 19.8 Å². The normalized spacial score (nSPS) is 10.9. The second-order valence-electron chi connectivity index (χ2n) is 4.63. The summed E-state index contributed by atoms with van der Waals surface area (Å²) in [7, 11) is 0. The van der Waals surface area contributed by atoms with Crippen molar-refractivity contribution in [3.8, 4) is 11.5 Å². The van der Waals surface area contributed by atoms with Gasteiger partial charge in [-0.3, -0.25) is 4.79 Å². The Morgan fingerprint density at radius 3 is 2.25 bits per heavy atom. The molecule has 20 heavy (non-hydrogen) atoms. The molecule has 2 aromatic rings. The number of nitrogens with zero attached hydrogens (tertiary/aromatic N) is 1. The Morgan fingerprint density at radius 1 is 1.20 bits per heavy atom. The molecule has 0 unspecified atom stereocenters. The zero-order valence-corrected chi connectivity index (χ0v) is 11.4. The summed E-state index contributed by atoms with van der Waals surface area (Å²) in [5, 5.41) is 29.0. The van der Waals surface area contributed by atoms with Crippen LogP contribution in [0.5, 0.6) is 11.5 Å². The topological polar surface area (TPSA) is 99.8 Å². The van der Waals surface area contributed by atoms with Crippen LogP contribution in [-0.2, 0) is 6.54 Å². The van der Waals surface area contributed by atoms with E-state index in [1.165, 1.54) is 13.1 Å². The third-order valence-electron chi connectivity index (χ3n) is 3.52. The van der Waals surface area contributed by atoms with Crippen LogP contribution in [0.2, 0.25) is 0 Å². The number of phenolic OH excluding ortho intramolecular Hbond substituents is 2. The van der Waals surface area contributed by atoms with Gasteiger partial charge >= 0.3 is 5.97 Å². The average Bonchev–Trinajstić information content (AvgIpc) is 2.41. The predicted molar refractivity (Wildman–Crippen MR) is 73.6 cm³/mol. The summed E-state index contributed by atoms with van der Waals surface area (Å²) < 4.78 is 1.58. The first kappa shape index (κ1) is 13.9. The molecule has 0 aliphatic rings. The lowest BCUT2D eigenvalue weighted by Crippen LogP contribution is -2.20. The number of fused-ring (bicyclic) bond motifs is 1. The van der Waals surface area contributed by atoms with Gasteiger partial charge in [-0.15, -0.1) is 0 Å². The molecular weight excluding hydrogens is 262 g/mol. The standard InChI is InChI=1S/C14H15NO5/c1-4-15-5-8(14(19)20)13(18)9-6(2)11(16)12(17)7(3)10(9)15/h5,16-17H,4H2,1-3H3,(H,19,20). The number of carboxylic acid groups (broad SMARTS) is 1. The van der Waals surface area contributed by atoms with Crippen molar-refractivity contribution >= 4 is 16.9 Å². The van der Waals surface area contributed by atoms with Crippen molar-refractivity contribution in [3.05, 3.63) is 33.1 Å². The molecule has 3 N–H and O–H groups in total. The van der Waals surface area contributed by atoms with Gasteiger partial charge in [0.1, 0.15) is 5.56 Å². The highest BCUT2D eigenvalue weighted by Crippen LogP contribution is 2.38. The van der Waals surface area contributed by atoms with Crippen molar-refractivity contribution in [1.29, 1.82) is 0 Å². The summed E-state index contributed by atoms with van der Waals surface area (Å²) in [5.41, 5.74) is -0.0484. The second kappa shape index (κ2) is 4.56. The third kappa shape index (κ3) is 1.72. The molecule has 0 saturated carbocycles. The van der Waals surface area contributed by atoms with Gasteiger partial charge in [0.15, 0.2) is 11.5 Å². The van der Waals surface area contributed by atoms with E-state index in [4.69, 9.17) is 5.11 Å². The number of aromatic hydroxyl groups is 2. The average molecular weight is 277 g/mol. The zero-order valence-electron chi connectivity index (χ0n) is 11.4. The Hall–Kier alpha value is -2.50. The fourth-order valence-corrected chi connectivity index (χ4v) is 2.40. The minimum absolute atomic E-state index is 0.125. The lowest BCUT2D eigenvalue weighted by Gasteiger charge is -2.16. The van der Waals surface area contributed by atoms with Crippen molar-refractivity contribution < 1.29 is 20.1 Å². The number of benzene rings is 1. The van der Waals surface area contributed by atoms with Crippen LogP contribution in [0, 0.1) is 13.8 Å². The lowest BCUT2D eigenvalue weighted by atomic mass is 10.0. The van der Waals surface area contributed by atoms with Crippen LogP contribution in [0.15, 0.2) is 11.0 Å². The third-order valence-corrected chi connectivity index (χ3v) is 3.52. The van der Waals surface area contributed by atoms with E-state index in [0.29, 0.717) is 17.6 Å². The van der Waals surface area contributed by atoms with Crippen LogP contribution in [0.1, 0.15) is 28.4 Å². The highest BCUT2D eigenvalue weighted by molar-refractivity contribution is 5.96. The molecule has 0 amide bonds. The van der Waals surface area contributed by atoms with Crippen molar-refractivity contribution in [2.45, 2.75) is 27.3 Å². The molecule has 2 rings (SSSR count). The highest BCUT2D eigenvalue weighted by atomic mass is 16.4. The van der Waals surface area contributed by atoms with E-state index in [-0.39, 0.29) is 22.3 Å². The molecule has 1 heterocycles. The molecule has 1 aromatic heterocycles. The zero-order chi connectivity index (χ0) is 15.2. The van der Waals surface area contributed by atoms with Crippen LogP contribution in [0.25, 0.3) is 10.9 Å². The van der Waals surface area contributed by atoms with Gasteiger partial charge in [0.2, 0.25) is 5.43 Å². The summed E-state index contributed by atoms with van der Waals surface area (Å²) in [4.78, 5) is 23.4. The van der Waals surface area contributed by atoms with Gasteiger partial charge in [-0.1, -0.05) is 0 Å². The molecule has 6 heteroatoms. The molecule has 0 fully saturated rings. The van der Waals surface area contributed by atoms with Gasteiger partial charge in [0.05, 0.1) is 10.9 Å². The summed E-state index contributed by atoms with van der Waals surface area (Å²) >= 11 is 0. The Bertz CT molecular complexity index is 789. The summed E-state index contributed by atoms with van der Waals surface area (Å²) in [6.45, 7) is 5.28. The number of aromatic nitrogens is 1. The molecule has 0 bridgehead atoms. The maximum atomic E-state index is 12.3. The molecule has 6 nitrogen and oxygen atoms in total. The van der Waals surface area contributed by atoms with Gasteiger partial charge in [-0.25, -0.2) is 4.79 Å². The monoisotopic (exact) mass is 277 g/mol. The Labute approximate surface area is 114 Å². The van der Waals surface area contributed by atoms with Crippen LogP contribution in [0.3, 0.4) is 0 Å². The first-order valence-corrected chi connectivity index (χ1v) is 6.12. The summed E-state index contributed by atoms with van der Waals surface area (Å²) in [6.07, 6.45) is 1.26. The van der Waals surface area contributed by atoms with E-state index < -0.39 is 17.1 Å². The van der Waals surface area contributed by atoms with E-state index in [1.807, 2.05) is 0 Å². The molecule has 1 aromatic carbocycles. The minimum Gasteiger partial charge on any atom is -0.504 e. The number of hydrogen-bond donors (Lipinski definition) is 3. The Morgan fingerprint density at radius 2 is 1.75 bits per heavy atom. The molecule has 0 spiro atoms. The van der Waals surface area contributed by atoms with Gasteiger partial charge in [-0.05, 0) is 20.8 Å². The first-order valence-electron chi connectivity index (χ1n) is 6.12. The quantitative estimate of drug-likeness (QED) is 0.726. The Balaban J connectivity index is 3.18. The number of phenols is 2. The molecule has 0 aliphatic carbocycles. The summed E-state index contributed by atoms with van der Waals surface area (Å²) in [5.74, 6) is -2.00. The van der Waals surface area contributed by atoms with Crippen LogP contribution >= 0.6 is 0 Å². The van der Waals surface area contributed by atoms with Crippen molar-refractivity contribution in [2.24, 2.45) is 0 Å². The van der Waals surface area contributed by atoms with Crippen molar-refractivity contribution in [3.63, 3.8) is 0 Å². The number of rotatable bonds is 2. The van der Waals surface area contributed by atoms with Gasteiger partial charge in [-0.2, -0.15) is 0 Å². The fourth-order valence-electron chi connectivity index (χ4n) is 2.40. The number of carbonyl (C=O) groups is 1. The first-order chi connectivity index (χ1) is 9.31. The highest BCUT2D eigenvalue weighted by Gasteiger charge is 2.21. The van der Waals surface area contributed by atoms with Crippen LogP contribution in [-0.4, -0.2) is 25.9 Å². The van der Waals surface area contributed by atoms with E-state index in [1.54, 1.807) is 18.4 Å². The summed E-state index contributed by atoms with van der Waals surface area (Å²) in [6, 6.07) is 0. The fraction of sp³-hybridized carbons (Fsp3) is 0.286. The van der Waals surface area contributed by atoms with Crippen molar-refractivity contribution in [2.75, 3.05) is 0 Å². The number of aromatic carboxylic acids is 1. The molecule has 0 atom stereocenters. The number of pyridine rings is 1. The maximum absolute atomic E-state index is 12.3. The molecule has 0 aliphatic heterocycles. The van der Waals surface area contributed by atoms with E-state index in [0.717, 1.165) is 0 Å². The number of aryl methyl sites for hydroxylation is 3. The largest absolute Gasteiger partial charge is 0.504 e. The van der Waals surface area contributed by atoms with E-state index in [2.05, 4.69) is 0 Å². The van der Waals surface area contributed by atoms with Gasteiger partial charge in [0, 0.05) is 23.9 Å². The molecular formula is C14H15NO5. The van der Waals surface area contributed by atoms with Crippen LogP contribution in [0.4, 0.5) is 0 Å². The lowest BCUT2D eigenvalue weighted by molar-refractivity contribution is 0.0695. The number of carboxylic acids is 1. The SMILES string of the molecule is CCn1cc(C(=O)O)c(=O)c2c(C)c(O)c(O)c(C)c21. The maximum Gasteiger partial charge on any atom is 0.341 e. The minimum atomic E-state index is -1.32. The second-order valence-corrected chi connectivity index (χ2v) is 4.63. The number of hydrogen-bond acceptors (Lipinski definition) is 4.